The predicted molar refractivity (Wildman–Crippen MR) is 94.9 cm³/mol. The van der Waals surface area contributed by atoms with E-state index in [4.69, 9.17) is 0 Å². The van der Waals surface area contributed by atoms with Crippen molar-refractivity contribution in [3.63, 3.8) is 0 Å². The molecule has 1 amide bonds. The van der Waals surface area contributed by atoms with Crippen molar-refractivity contribution >= 4 is 5.91 Å². The molecular formula is C19H24N4O2. The van der Waals surface area contributed by atoms with Gasteiger partial charge in [0.25, 0.3) is 5.91 Å². The van der Waals surface area contributed by atoms with Crippen molar-refractivity contribution in [3.8, 4) is 0 Å². The van der Waals surface area contributed by atoms with E-state index < -0.39 is 5.60 Å². The van der Waals surface area contributed by atoms with Gasteiger partial charge in [-0.1, -0.05) is 6.92 Å². The molecular weight excluding hydrogens is 316 g/mol. The molecule has 2 aromatic heterocycles. The number of rotatable bonds is 6. The van der Waals surface area contributed by atoms with E-state index in [0.717, 1.165) is 13.1 Å². The molecule has 1 atom stereocenters. The summed E-state index contributed by atoms with van der Waals surface area (Å²) in [6.07, 6.45) is 7.38. The molecule has 0 unspecified atom stereocenters. The van der Waals surface area contributed by atoms with Crippen LogP contribution in [0.25, 0.3) is 0 Å². The number of aliphatic hydroxyl groups is 1. The SMILES string of the molecule is CCN(Cc1ccncc1)C[C@@]1(O)CCN(C(=O)c2ccncc2)C1. The first-order valence-corrected chi connectivity index (χ1v) is 8.62. The molecule has 0 aromatic carbocycles. The lowest BCUT2D eigenvalue weighted by Gasteiger charge is -2.30. The van der Waals surface area contributed by atoms with Gasteiger partial charge < -0.3 is 10.0 Å². The number of hydrogen-bond acceptors (Lipinski definition) is 5. The summed E-state index contributed by atoms with van der Waals surface area (Å²) < 4.78 is 0. The van der Waals surface area contributed by atoms with Crippen LogP contribution in [0.1, 0.15) is 29.3 Å². The highest BCUT2D eigenvalue weighted by atomic mass is 16.3. The highest BCUT2D eigenvalue weighted by Crippen LogP contribution is 2.24. The number of pyridine rings is 2. The second kappa shape index (κ2) is 7.72. The molecule has 0 saturated carbocycles. The van der Waals surface area contributed by atoms with Gasteiger partial charge in [-0.3, -0.25) is 19.7 Å². The van der Waals surface area contributed by atoms with Crippen LogP contribution in [0.3, 0.4) is 0 Å². The van der Waals surface area contributed by atoms with E-state index in [1.807, 2.05) is 12.1 Å². The van der Waals surface area contributed by atoms with Crippen LogP contribution >= 0.6 is 0 Å². The molecule has 6 heteroatoms. The third-order valence-electron chi connectivity index (χ3n) is 4.67. The van der Waals surface area contributed by atoms with E-state index in [9.17, 15) is 9.90 Å². The van der Waals surface area contributed by atoms with E-state index in [0.29, 0.717) is 31.6 Å². The maximum absolute atomic E-state index is 12.5. The quantitative estimate of drug-likeness (QED) is 0.864. The summed E-state index contributed by atoms with van der Waals surface area (Å²) in [7, 11) is 0. The second-order valence-electron chi connectivity index (χ2n) is 6.60. The molecule has 1 aliphatic heterocycles. The van der Waals surface area contributed by atoms with Gasteiger partial charge in [0.05, 0.1) is 12.1 Å². The van der Waals surface area contributed by atoms with Crippen LogP contribution in [-0.2, 0) is 6.54 Å². The Morgan fingerprint density at radius 3 is 2.48 bits per heavy atom. The zero-order chi connectivity index (χ0) is 17.7. The fraction of sp³-hybridized carbons (Fsp3) is 0.421. The summed E-state index contributed by atoms with van der Waals surface area (Å²) in [5, 5.41) is 11.0. The van der Waals surface area contributed by atoms with Crippen LogP contribution in [0.4, 0.5) is 0 Å². The van der Waals surface area contributed by atoms with E-state index in [-0.39, 0.29) is 5.91 Å². The number of likely N-dealkylation sites (N-methyl/N-ethyl adjacent to an activating group) is 1. The van der Waals surface area contributed by atoms with Crippen molar-refractivity contribution < 1.29 is 9.90 Å². The predicted octanol–water partition coefficient (Wildman–Crippen LogP) is 1.58. The van der Waals surface area contributed by atoms with Gasteiger partial charge in [-0.05, 0) is 42.8 Å². The molecule has 0 radical (unpaired) electrons. The number of aromatic nitrogens is 2. The van der Waals surface area contributed by atoms with E-state index in [1.54, 1.807) is 41.8 Å². The first-order valence-electron chi connectivity index (χ1n) is 8.62. The lowest BCUT2D eigenvalue weighted by molar-refractivity contribution is 0.0108. The third kappa shape index (κ3) is 4.41. The minimum absolute atomic E-state index is 0.0458. The second-order valence-corrected chi connectivity index (χ2v) is 6.60. The molecule has 1 aliphatic rings. The Kier molecular flexibility index (Phi) is 5.40. The number of hydrogen-bond donors (Lipinski definition) is 1. The Hall–Kier alpha value is -2.31. The monoisotopic (exact) mass is 340 g/mol. The summed E-state index contributed by atoms with van der Waals surface area (Å²) in [5.41, 5.74) is 0.915. The molecule has 2 aromatic rings. The fourth-order valence-corrected chi connectivity index (χ4v) is 3.28. The minimum atomic E-state index is -0.869. The van der Waals surface area contributed by atoms with E-state index >= 15 is 0 Å². The molecule has 6 nitrogen and oxygen atoms in total. The number of carbonyl (C=O) groups is 1. The van der Waals surface area contributed by atoms with Gasteiger partial charge in [-0.2, -0.15) is 0 Å². The van der Waals surface area contributed by atoms with Crippen LogP contribution in [-0.4, -0.2) is 62.6 Å². The standard InChI is InChI=1S/C19H24N4O2/c1-2-22(13-16-3-8-20-9-4-16)14-19(25)7-12-23(15-19)18(24)17-5-10-21-11-6-17/h3-6,8-11,25H,2,7,12-15H2,1H3/t19-/m0/s1. The van der Waals surface area contributed by atoms with Crippen LogP contribution < -0.4 is 0 Å². The third-order valence-corrected chi connectivity index (χ3v) is 4.67. The number of nitrogens with zero attached hydrogens (tertiary/aromatic N) is 4. The molecule has 0 spiro atoms. The molecule has 1 fully saturated rings. The Morgan fingerprint density at radius 1 is 1.20 bits per heavy atom. The van der Waals surface area contributed by atoms with Gasteiger partial charge in [-0.25, -0.2) is 0 Å². The molecule has 1 saturated heterocycles. The van der Waals surface area contributed by atoms with Gasteiger partial charge in [0, 0.05) is 50.0 Å². The lowest BCUT2D eigenvalue weighted by atomic mass is 10.0. The van der Waals surface area contributed by atoms with Crippen LogP contribution in [0.5, 0.6) is 0 Å². The van der Waals surface area contributed by atoms with E-state index in [2.05, 4.69) is 21.8 Å². The molecule has 3 rings (SSSR count). The Bertz CT molecular complexity index is 695. The van der Waals surface area contributed by atoms with Crippen molar-refractivity contribution in [1.29, 1.82) is 0 Å². The number of β-amino-alcohol motifs (C(OH)–C–C–N with tert-alkyl or cyclic N) is 1. The molecule has 0 bridgehead atoms. The molecule has 1 N–H and O–H groups in total. The lowest BCUT2D eigenvalue weighted by Crippen LogP contribution is -2.45. The van der Waals surface area contributed by atoms with Crippen molar-refractivity contribution in [3.05, 3.63) is 60.2 Å². The number of likely N-dealkylation sites (tertiary alicyclic amines) is 1. The maximum Gasteiger partial charge on any atom is 0.254 e. The summed E-state index contributed by atoms with van der Waals surface area (Å²) in [6, 6.07) is 7.39. The molecule has 25 heavy (non-hydrogen) atoms. The first kappa shape index (κ1) is 17.5. The Balaban J connectivity index is 1.61. The zero-order valence-electron chi connectivity index (χ0n) is 14.5. The number of carbonyl (C=O) groups excluding carboxylic acids is 1. The molecule has 0 aliphatic carbocycles. The average Bonchev–Trinajstić information content (AvgIpc) is 3.04. The van der Waals surface area contributed by atoms with E-state index in [1.165, 1.54) is 5.56 Å². The van der Waals surface area contributed by atoms with Gasteiger partial charge in [0.1, 0.15) is 0 Å². The highest BCUT2D eigenvalue weighted by molar-refractivity contribution is 5.94. The fourth-order valence-electron chi connectivity index (χ4n) is 3.28. The van der Waals surface area contributed by atoms with Gasteiger partial charge in [0.2, 0.25) is 0 Å². The minimum Gasteiger partial charge on any atom is -0.387 e. The van der Waals surface area contributed by atoms with Crippen LogP contribution in [0, 0.1) is 0 Å². The molecule has 132 valence electrons. The molecule has 3 heterocycles. The first-order chi connectivity index (χ1) is 12.1. The normalized spacial score (nSPS) is 20.2. The Labute approximate surface area is 148 Å². The maximum atomic E-state index is 12.5. The summed E-state index contributed by atoms with van der Waals surface area (Å²) in [5.74, 6) is -0.0458. The van der Waals surface area contributed by atoms with Crippen molar-refractivity contribution in [2.24, 2.45) is 0 Å². The average molecular weight is 340 g/mol. The highest BCUT2D eigenvalue weighted by Gasteiger charge is 2.39. The zero-order valence-corrected chi connectivity index (χ0v) is 14.5. The van der Waals surface area contributed by atoms with Crippen molar-refractivity contribution in [1.82, 2.24) is 19.8 Å². The summed E-state index contributed by atoms with van der Waals surface area (Å²) in [6.45, 7) is 5.17. The van der Waals surface area contributed by atoms with Gasteiger partial charge in [-0.15, -0.1) is 0 Å². The smallest absolute Gasteiger partial charge is 0.254 e. The topological polar surface area (TPSA) is 69.6 Å². The largest absolute Gasteiger partial charge is 0.387 e. The van der Waals surface area contributed by atoms with Crippen molar-refractivity contribution in [2.75, 3.05) is 26.2 Å². The van der Waals surface area contributed by atoms with Crippen LogP contribution in [0.15, 0.2) is 49.1 Å². The van der Waals surface area contributed by atoms with Gasteiger partial charge in [0.15, 0.2) is 0 Å². The van der Waals surface area contributed by atoms with Crippen molar-refractivity contribution in [2.45, 2.75) is 25.5 Å². The summed E-state index contributed by atoms with van der Waals surface area (Å²) >= 11 is 0. The number of amides is 1. The summed E-state index contributed by atoms with van der Waals surface area (Å²) in [4.78, 5) is 24.5. The Morgan fingerprint density at radius 2 is 1.84 bits per heavy atom. The van der Waals surface area contributed by atoms with Gasteiger partial charge >= 0.3 is 0 Å². The van der Waals surface area contributed by atoms with Crippen LogP contribution in [0.2, 0.25) is 0 Å².